The van der Waals surface area contributed by atoms with E-state index in [4.69, 9.17) is 14.2 Å². The molecule has 0 unspecified atom stereocenters. The van der Waals surface area contributed by atoms with E-state index in [1.54, 1.807) is 14.2 Å². The van der Waals surface area contributed by atoms with Crippen LogP contribution < -0.4 is 20.1 Å². The zero-order chi connectivity index (χ0) is 18.3. The van der Waals surface area contributed by atoms with Crippen molar-refractivity contribution in [1.82, 2.24) is 10.6 Å². The monoisotopic (exact) mass is 351 g/mol. The summed E-state index contributed by atoms with van der Waals surface area (Å²) in [6, 6.07) is 5.77. The maximum Gasteiger partial charge on any atom is 0.191 e. The van der Waals surface area contributed by atoms with Gasteiger partial charge < -0.3 is 24.8 Å². The van der Waals surface area contributed by atoms with Crippen LogP contribution in [0.2, 0.25) is 0 Å². The van der Waals surface area contributed by atoms with Crippen LogP contribution in [0.5, 0.6) is 11.5 Å². The third-order valence-corrected chi connectivity index (χ3v) is 3.65. The van der Waals surface area contributed by atoms with E-state index in [0.717, 1.165) is 62.2 Å². The molecule has 0 saturated heterocycles. The van der Waals surface area contributed by atoms with Crippen LogP contribution in [0.15, 0.2) is 23.2 Å². The number of ether oxygens (including phenoxy) is 3. The smallest absolute Gasteiger partial charge is 0.191 e. The number of guanidine groups is 1. The van der Waals surface area contributed by atoms with Crippen molar-refractivity contribution in [1.29, 1.82) is 0 Å². The number of rotatable bonds is 12. The summed E-state index contributed by atoms with van der Waals surface area (Å²) in [4.78, 5) is 4.63. The summed E-state index contributed by atoms with van der Waals surface area (Å²) in [6.45, 7) is 8.04. The van der Waals surface area contributed by atoms with Crippen molar-refractivity contribution in [2.75, 3.05) is 40.5 Å². The largest absolute Gasteiger partial charge is 0.497 e. The first-order chi connectivity index (χ1) is 12.2. The second kappa shape index (κ2) is 13.4. The molecule has 0 aromatic heterocycles. The molecule has 0 heterocycles. The number of aliphatic imine (C=N–C) groups is 1. The Bertz CT molecular complexity index is 507. The summed E-state index contributed by atoms with van der Waals surface area (Å²) in [6.07, 6.45) is 3.26. The fourth-order valence-corrected chi connectivity index (χ4v) is 2.22. The summed E-state index contributed by atoms with van der Waals surface area (Å²) < 4.78 is 16.2. The second-order valence-electron chi connectivity index (χ2n) is 5.62. The molecule has 0 aliphatic rings. The highest BCUT2D eigenvalue weighted by Gasteiger charge is 2.05. The Morgan fingerprint density at radius 1 is 1.04 bits per heavy atom. The van der Waals surface area contributed by atoms with Crippen LogP contribution >= 0.6 is 0 Å². The maximum atomic E-state index is 5.57. The summed E-state index contributed by atoms with van der Waals surface area (Å²) in [7, 11) is 3.30. The van der Waals surface area contributed by atoms with Crippen molar-refractivity contribution in [3.05, 3.63) is 23.8 Å². The summed E-state index contributed by atoms with van der Waals surface area (Å²) in [5.41, 5.74) is 1.02. The van der Waals surface area contributed by atoms with E-state index < -0.39 is 0 Å². The van der Waals surface area contributed by atoms with E-state index in [2.05, 4.69) is 29.5 Å². The molecule has 0 atom stereocenters. The molecule has 6 heteroatoms. The first-order valence-electron chi connectivity index (χ1n) is 9.05. The predicted octanol–water partition coefficient (Wildman–Crippen LogP) is 2.97. The molecule has 1 aromatic rings. The Labute approximate surface area is 152 Å². The van der Waals surface area contributed by atoms with Gasteiger partial charge in [-0.05, 0) is 31.9 Å². The van der Waals surface area contributed by atoms with Gasteiger partial charge in [-0.1, -0.05) is 13.3 Å². The predicted molar refractivity (Wildman–Crippen MR) is 103 cm³/mol. The molecule has 25 heavy (non-hydrogen) atoms. The number of hydrogen-bond acceptors (Lipinski definition) is 4. The lowest BCUT2D eigenvalue weighted by molar-refractivity contribution is 0.129. The molecular weight excluding hydrogens is 318 g/mol. The Hall–Kier alpha value is -1.95. The first-order valence-corrected chi connectivity index (χ1v) is 9.05. The molecule has 0 saturated carbocycles. The Balaban J connectivity index is 2.49. The van der Waals surface area contributed by atoms with Crippen LogP contribution in [-0.4, -0.2) is 46.5 Å². The Morgan fingerprint density at radius 3 is 2.52 bits per heavy atom. The molecule has 0 fully saturated rings. The van der Waals surface area contributed by atoms with E-state index >= 15 is 0 Å². The minimum Gasteiger partial charge on any atom is -0.497 e. The van der Waals surface area contributed by atoms with Crippen molar-refractivity contribution in [2.24, 2.45) is 4.99 Å². The van der Waals surface area contributed by atoms with Gasteiger partial charge in [0.05, 0.1) is 20.8 Å². The fraction of sp³-hybridized carbons (Fsp3) is 0.632. The minimum atomic E-state index is 0.537. The van der Waals surface area contributed by atoms with Gasteiger partial charge in [0, 0.05) is 37.9 Å². The third kappa shape index (κ3) is 8.63. The van der Waals surface area contributed by atoms with E-state index in [1.165, 1.54) is 6.42 Å². The maximum absolute atomic E-state index is 5.57. The lowest BCUT2D eigenvalue weighted by Gasteiger charge is -2.13. The quantitative estimate of drug-likeness (QED) is 0.344. The van der Waals surface area contributed by atoms with Gasteiger partial charge >= 0.3 is 0 Å². The third-order valence-electron chi connectivity index (χ3n) is 3.65. The number of unbranched alkanes of at least 4 members (excludes halogenated alkanes) is 1. The number of methoxy groups -OCH3 is 2. The van der Waals surface area contributed by atoms with E-state index in [9.17, 15) is 0 Å². The lowest BCUT2D eigenvalue weighted by Crippen LogP contribution is -2.38. The first kappa shape index (κ1) is 21.1. The number of benzene rings is 1. The van der Waals surface area contributed by atoms with Crippen LogP contribution in [0, 0.1) is 0 Å². The Morgan fingerprint density at radius 2 is 1.84 bits per heavy atom. The lowest BCUT2D eigenvalue weighted by atomic mass is 10.2. The summed E-state index contributed by atoms with van der Waals surface area (Å²) >= 11 is 0. The highest BCUT2D eigenvalue weighted by Crippen LogP contribution is 2.25. The van der Waals surface area contributed by atoms with Gasteiger partial charge in [-0.2, -0.15) is 0 Å². The van der Waals surface area contributed by atoms with Gasteiger partial charge in [-0.25, -0.2) is 4.99 Å². The second-order valence-corrected chi connectivity index (χ2v) is 5.62. The molecule has 0 radical (unpaired) electrons. The molecule has 0 amide bonds. The number of nitrogens with zero attached hydrogens (tertiary/aromatic N) is 1. The molecule has 142 valence electrons. The van der Waals surface area contributed by atoms with Gasteiger partial charge in [0.2, 0.25) is 0 Å². The average Bonchev–Trinajstić information content (AvgIpc) is 2.65. The van der Waals surface area contributed by atoms with Crippen LogP contribution in [0.4, 0.5) is 0 Å². The van der Waals surface area contributed by atoms with Gasteiger partial charge in [-0.3, -0.25) is 0 Å². The van der Waals surface area contributed by atoms with E-state index in [1.807, 2.05) is 18.2 Å². The highest BCUT2D eigenvalue weighted by atomic mass is 16.5. The highest BCUT2D eigenvalue weighted by molar-refractivity contribution is 5.79. The van der Waals surface area contributed by atoms with Gasteiger partial charge in [0.1, 0.15) is 11.5 Å². The summed E-state index contributed by atoms with van der Waals surface area (Å²) in [5.74, 6) is 2.36. The molecular formula is C19H33N3O3. The van der Waals surface area contributed by atoms with Crippen molar-refractivity contribution < 1.29 is 14.2 Å². The molecule has 1 rings (SSSR count). The van der Waals surface area contributed by atoms with Crippen molar-refractivity contribution in [2.45, 2.75) is 39.7 Å². The van der Waals surface area contributed by atoms with Crippen LogP contribution in [0.3, 0.4) is 0 Å². The van der Waals surface area contributed by atoms with Crippen LogP contribution in [0.25, 0.3) is 0 Å². The molecule has 0 aliphatic heterocycles. The molecule has 1 aromatic carbocycles. The molecule has 6 nitrogen and oxygen atoms in total. The van der Waals surface area contributed by atoms with Gasteiger partial charge in [0.15, 0.2) is 5.96 Å². The Kier molecular flexibility index (Phi) is 11.3. The number of hydrogen-bond donors (Lipinski definition) is 2. The zero-order valence-electron chi connectivity index (χ0n) is 16.1. The van der Waals surface area contributed by atoms with Crippen molar-refractivity contribution in [3.63, 3.8) is 0 Å². The topological polar surface area (TPSA) is 64.1 Å². The standard InChI is InChI=1S/C19H33N3O3/c1-5-7-12-25-13-8-11-21-19(20-6-2)22-15-16-9-10-17(23-3)14-18(16)24-4/h9-10,14H,5-8,11-13,15H2,1-4H3,(H2,20,21,22). The number of nitrogens with one attached hydrogen (secondary N) is 2. The molecule has 0 bridgehead atoms. The summed E-state index contributed by atoms with van der Waals surface area (Å²) in [5, 5.41) is 6.59. The zero-order valence-corrected chi connectivity index (χ0v) is 16.1. The van der Waals surface area contributed by atoms with E-state index in [-0.39, 0.29) is 0 Å². The van der Waals surface area contributed by atoms with Gasteiger partial charge in [-0.15, -0.1) is 0 Å². The average molecular weight is 351 g/mol. The van der Waals surface area contributed by atoms with Crippen LogP contribution in [0.1, 0.15) is 38.7 Å². The van der Waals surface area contributed by atoms with Crippen LogP contribution in [-0.2, 0) is 11.3 Å². The normalized spacial score (nSPS) is 11.3. The SMILES string of the molecule is CCCCOCCCNC(=NCc1ccc(OC)cc1OC)NCC. The van der Waals surface area contributed by atoms with Crippen molar-refractivity contribution >= 4 is 5.96 Å². The fourth-order valence-electron chi connectivity index (χ4n) is 2.22. The van der Waals surface area contributed by atoms with Crippen molar-refractivity contribution in [3.8, 4) is 11.5 Å². The molecule has 2 N–H and O–H groups in total. The van der Waals surface area contributed by atoms with Gasteiger partial charge in [0.25, 0.3) is 0 Å². The minimum absolute atomic E-state index is 0.537. The molecule has 0 spiro atoms. The molecule has 0 aliphatic carbocycles. The van der Waals surface area contributed by atoms with E-state index in [0.29, 0.717) is 6.54 Å².